The minimum Gasteiger partial charge on any atom is -0.480 e. The first-order valence-corrected chi connectivity index (χ1v) is 12.0. The molecule has 4 aromatic rings. The maximum atomic E-state index is 10.5. The summed E-state index contributed by atoms with van der Waals surface area (Å²) in [7, 11) is 0. The molecule has 180 valence electrons. The summed E-state index contributed by atoms with van der Waals surface area (Å²) in [6.07, 6.45) is 12.1. The van der Waals surface area contributed by atoms with E-state index < -0.39 is 0 Å². The molecule has 0 saturated carbocycles. The number of ether oxygens (including phenoxy) is 1. The molecule has 5 heterocycles. The van der Waals surface area contributed by atoms with Crippen molar-refractivity contribution in [1.29, 1.82) is 0 Å². The van der Waals surface area contributed by atoms with Crippen LogP contribution in [0, 0.1) is 0 Å². The number of aromatic hydroxyl groups is 1. The van der Waals surface area contributed by atoms with Crippen LogP contribution < -0.4 is 15.8 Å². The van der Waals surface area contributed by atoms with Gasteiger partial charge in [0.15, 0.2) is 17.0 Å². The third kappa shape index (κ3) is 4.21. The second-order valence-corrected chi connectivity index (χ2v) is 9.06. The number of anilines is 1. The maximum Gasteiger partial charge on any atom is 0.320 e. The molecular weight excluding hydrogens is 444 g/mol. The van der Waals surface area contributed by atoms with Gasteiger partial charge in [0.05, 0.1) is 25.4 Å². The van der Waals surface area contributed by atoms with Gasteiger partial charge in [-0.2, -0.15) is 20.1 Å². The van der Waals surface area contributed by atoms with Gasteiger partial charge < -0.3 is 20.9 Å². The van der Waals surface area contributed by atoms with Gasteiger partial charge in [0.1, 0.15) is 0 Å². The van der Waals surface area contributed by atoms with Gasteiger partial charge in [-0.1, -0.05) is 30.4 Å². The van der Waals surface area contributed by atoms with Crippen LogP contribution in [0.25, 0.3) is 22.3 Å². The zero-order valence-electron chi connectivity index (χ0n) is 19.4. The van der Waals surface area contributed by atoms with Crippen LogP contribution >= 0.6 is 0 Å². The SMILES string of the molecule is Nc1nc2nc3c1nc(O)n3Cc1ccc(-c3cnn(C4CCNCC4)c3)c(c1)C/C=C/CCO2. The number of nitrogens with one attached hydrogen (secondary N) is 1. The molecule has 3 aromatic heterocycles. The highest BCUT2D eigenvalue weighted by Crippen LogP contribution is 2.30. The standard InChI is InChI=1S/C25H28N8O2/c26-22-21-23-31-24(30-22)35-11-3-1-2-4-17-12-16(14-32(23)25(34)29-21)5-6-20(17)18-13-28-33(15-18)19-7-9-27-10-8-19/h1-2,5-6,12-13,15,19,27H,3-4,7-11,14H2,(H,29,34)(H2,26,30,31)/b2-1+. The Labute approximate surface area is 202 Å². The predicted octanol–water partition coefficient (Wildman–Crippen LogP) is 2.83. The van der Waals surface area contributed by atoms with Crippen LogP contribution in [-0.2, 0) is 13.0 Å². The number of aromatic nitrogens is 6. The van der Waals surface area contributed by atoms with Crippen molar-refractivity contribution in [1.82, 2.24) is 34.6 Å². The Morgan fingerprint density at radius 1 is 1.11 bits per heavy atom. The van der Waals surface area contributed by atoms with Gasteiger partial charge in [0, 0.05) is 11.8 Å². The molecule has 4 bridgehead atoms. The highest BCUT2D eigenvalue weighted by molar-refractivity contribution is 5.83. The second-order valence-electron chi connectivity index (χ2n) is 9.06. The lowest BCUT2D eigenvalue weighted by molar-refractivity contribution is 0.300. The molecular formula is C25H28N8O2. The Bertz CT molecular complexity index is 1400. The summed E-state index contributed by atoms with van der Waals surface area (Å²) in [4.78, 5) is 12.8. The Hall–Kier alpha value is -3.92. The molecule has 0 unspecified atom stereocenters. The van der Waals surface area contributed by atoms with Crippen molar-refractivity contribution in [2.45, 2.75) is 38.3 Å². The summed E-state index contributed by atoms with van der Waals surface area (Å²) < 4.78 is 9.46. The van der Waals surface area contributed by atoms with Gasteiger partial charge in [0.2, 0.25) is 0 Å². The van der Waals surface area contributed by atoms with Gasteiger partial charge in [-0.15, -0.1) is 0 Å². The quantitative estimate of drug-likeness (QED) is 0.380. The Morgan fingerprint density at radius 2 is 2.00 bits per heavy atom. The lowest BCUT2D eigenvalue weighted by Gasteiger charge is -2.22. The van der Waals surface area contributed by atoms with Crippen molar-refractivity contribution >= 4 is 17.0 Å². The first-order chi connectivity index (χ1) is 17.2. The van der Waals surface area contributed by atoms with Gasteiger partial charge in [-0.3, -0.25) is 9.25 Å². The summed E-state index contributed by atoms with van der Waals surface area (Å²) in [6, 6.07) is 6.86. The number of rotatable bonds is 2. The van der Waals surface area contributed by atoms with Gasteiger partial charge >= 0.3 is 6.01 Å². The summed E-state index contributed by atoms with van der Waals surface area (Å²) in [5.41, 5.74) is 11.4. The molecule has 1 aromatic carbocycles. The van der Waals surface area contributed by atoms with E-state index >= 15 is 0 Å². The van der Waals surface area contributed by atoms with E-state index in [1.807, 2.05) is 6.20 Å². The van der Waals surface area contributed by atoms with E-state index in [1.165, 1.54) is 5.56 Å². The van der Waals surface area contributed by atoms with E-state index in [0.29, 0.717) is 36.8 Å². The first kappa shape index (κ1) is 21.6. The van der Waals surface area contributed by atoms with Crippen LogP contribution in [0.15, 0.2) is 42.7 Å². The van der Waals surface area contributed by atoms with Crippen molar-refractivity contribution in [3.63, 3.8) is 0 Å². The van der Waals surface area contributed by atoms with Crippen LogP contribution in [0.4, 0.5) is 5.82 Å². The number of fused-ring (bicyclic) bond motifs is 3. The molecule has 0 atom stereocenters. The number of hydrogen-bond acceptors (Lipinski definition) is 8. The normalized spacial score (nSPS) is 17.8. The molecule has 6 rings (SSSR count). The number of nitrogens with two attached hydrogens (primary N) is 1. The first-order valence-electron chi connectivity index (χ1n) is 12.0. The van der Waals surface area contributed by atoms with E-state index in [4.69, 9.17) is 15.6 Å². The fraction of sp³-hybridized carbons (Fsp3) is 0.360. The minimum absolute atomic E-state index is 0.154. The second kappa shape index (κ2) is 9.03. The summed E-state index contributed by atoms with van der Waals surface area (Å²) >= 11 is 0. The van der Waals surface area contributed by atoms with E-state index in [9.17, 15) is 5.11 Å². The minimum atomic E-state index is -0.154. The number of imidazole rings is 1. The molecule has 1 saturated heterocycles. The number of piperidine rings is 1. The molecule has 2 aliphatic heterocycles. The molecule has 0 amide bonds. The highest BCUT2D eigenvalue weighted by Gasteiger charge is 2.19. The molecule has 10 nitrogen and oxygen atoms in total. The lowest BCUT2D eigenvalue weighted by atomic mass is 9.97. The number of nitrogens with zero attached hydrogens (tertiary/aromatic N) is 6. The van der Waals surface area contributed by atoms with Crippen molar-refractivity contribution in [3.8, 4) is 23.1 Å². The Balaban J connectivity index is 1.39. The third-order valence-corrected chi connectivity index (χ3v) is 6.71. The molecule has 10 heteroatoms. The largest absolute Gasteiger partial charge is 0.480 e. The van der Waals surface area contributed by atoms with Gasteiger partial charge in [-0.25, -0.2) is 0 Å². The number of benzene rings is 1. The van der Waals surface area contributed by atoms with E-state index in [0.717, 1.165) is 49.0 Å². The molecule has 4 N–H and O–H groups in total. The average Bonchev–Trinajstić information content (AvgIpc) is 3.48. The highest BCUT2D eigenvalue weighted by atomic mass is 16.5. The molecule has 1 fully saturated rings. The third-order valence-electron chi connectivity index (χ3n) is 6.71. The van der Waals surface area contributed by atoms with Gasteiger partial charge in [0.25, 0.3) is 6.01 Å². The lowest BCUT2D eigenvalue weighted by Crippen LogP contribution is -2.29. The van der Waals surface area contributed by atoms with Crippen LogP contribution in [-0.4, -0.2) is 54.1 Å². The van der Waals surface area contributed by atoms with Crippen molar-refractivity contribution < 1.29 is 9.84 Å². The van der Waals surface area contributed by atoms with Crippen LogP contribution in [0.1, 0.15) is 36.4 Å². The molecule has 2 aliphatic rings. The summed E-state index contributed by atoms with van der Waals surface area (Å²) in [5.74, 6) is 0.184. The molecule has 0 spiro atoms. The maximum absolute atomic E-state index is 10.5. The number of hydrogen-bond donors (Lipinski definition) is 3. The topological polar surface area (TPSA) is 129 Å². The van der Waals surface area contributed by atoms with Crippen molar-refractivity contribution in [2.75, 3.05) is 25.4 Å². The van der Waals surface area contributed by atoms with Crippen molar-refractivity contribution in [2.24, 2.45) is 0 Å². The monoisotopic (exact) mass is 472 g/mol. The molecule has 35 heavy (non-hydrogen) atoms. The summed E-state index contributed by atoms with van der Waals surface area (Å²) in [5, 5.41) is 18.7. The van der Waals surface area contributed by atoms with Crippen LogP contribution in [0.2, 0.25) is 0 Å². The smallest absolute Gasteiger partial charge is 0.320 e. The van der Waals surface area contributed by atoms with Crippen molar-refractivity contribution in [3.05, 3.63) is 53.9 Å². The predicted molar refractivity (Wildman–Crippen MR) is 132 cm³/mol. The van der Waals surface area contributed by atoms with Crippen LogP contribution in [0.5, 0.6) is 12.0 Å². The Kier molecular flexibility index (Phi) is 5.57. The molecule has 0 radical (unpaired) electrons. The summed E-state index contributed by atoms with van der Waals surface area (Å²) in [6.45, 7) is 2.88. The number of nitrogen functional groups attached to an aromatic ring is 1. The Morgan fingerprint density at radius 3 is 2.89 bits per heavy atom. The molecule has 0 aliphatic carbocycles. The van der Waals surface area contributed by atoms with Gasteiger partial charge in [-0.05, 0) is 55.5 Å². The average molecular weight is 473 g/mol. The fourth-order valence-corrected chi connectivity index (χ4v) is 4.87. The van der Waals surface area contributed by atoms with E-state index in [2.05, 4.69) is 61.5 Å². The van der Waals surface area contributed by atoms with E-state index in [-0.39, 0.29) is 17.8 Å². The van der Waals surface area contributed by atoms with Crippen LogP contribution in [0.3, 0.4) is 0 Å². The van der Waals surface area contributed by atoms with E-state index in [1.54, 1.807) is 4.57 Å². The zero-order valence-corrected chi connectivity index (χ0v) is 19.4. The fourth-order valence-electron chi connectivity index (χ4n) is 4.87. The zero-order chi connectivity index (χ0) is 23.8. The number of allylic oxidation sites excluding steroid dienone is 1.